The van der Waals surface area contributed by atoms with Gasteiger partial charge in [-0.05, 0) is 53.6 Å². The summed E-state index contributed by atoms with van der Waals surface area (Å²) < 4.78 is 0. The summed E-state index contributed by atoms with van der Waals surface area (Å²) in [6, 6.07) is 9.77. The Labute approximate surface area is 152 Å². The van der Waals surface area contributed by atoms with Gasteiger partial charge in [-0.15, -0.1) is 11.3 Å². The molecular formula is C20H22N2O2S. The molecule has 25 heavy (non-hydrogen) atoms. The van der Waals surface area contributed by atoms with E-state index in [4.69, 9.17) is 0 Å². The van der Waals surface area contributed by atoms with Gasteiger partial charge in [-0.25, -0.2) is 0 Å². The van der Waals surface area contributed by atoms with Gasteiger partial charge < -0.3 is 10.2 Å². The van der Waals surface area contributed by atoms with Gasteiger partial charge in [0.15, 0.2) is 0 Å². The van der Waals surface area contributed by atoms with E-state index < -0.39 is 0 Å². The van der Waals surface area contributed by atoms with E-state index in [0.717, 1.165) is 30.6 Å². The van der Waals surface area contributed by atoms with Gasteiger partial charge in [-0.3, -0.25) is 9.59 Å². The predicted octanol–water partition coefficient (Wildman–Crippen LogP) is 4.26. The SMILES string of the molecule is CCC1c2ccsc2CCN1C(=O)/C=C/c1ccc(NC(C)=O)cc1. The summed E-state index contributed by atoms with van der Waals surface area (Å²) in [7, 11) is 0. The van der Waals surface area contributed by atoms with Crippen LogP contribution in [0.5, 0.6) is 0 Å². The molecule has 1 aromatic heterocycles. The summed E-state index contributed by atoms with van der Waals surface area (Å²) in [5, 5.41) is 4.85. The second-order valence-electron chi connectivity index (χ2n) is 6.14. The molecule has 2 aromatic rings. The molecule has 1 N–H and O–H groups in total. The molecular weight excluding hydrogens is 332 g/mol. The summed E-state index contributed by atoms with van der Waals surface area (Å²) >= 11 is 1.79. The Morgan fingerprint density at radius 1 is 1.28 bits per heavy atom. The van der Waals surface area contributed by atoms with Crippen LogP contribution in [0.25, 0.3) is 6.08 Å². The van der Waals surface area contributed by atoms with Crippen molar-refractivity contribution in [3.8, 4) is 0 Å². The largest absolute Gasteiger partial charge is 0.332 e. The van der Waals surface area contributed by atoms with E-state index in [1.807, 2.05) is 35.2 Å². The van der Waals surface area contributed by atoms with Crippen LogP contribution in [0.15, 0.2) is 41.8 Å². The van der Waals surface area contributed by atoms with Gasteiger partial charge in [0.1, 0.15) is 0 Å². The number of hydrogen-bond acceptors (Lipinski definition) is 3. The lowest BCUT2D eigenvalue weighted by Crippen LogP contribution is -2.38. The van der Waals surface area contributed by atoms with Crippen molar-refractivity contribution < 1.29 is 9.59 Å². The monoisotopic (exact) mass is 354 g/mol. The number of benzene rings is 1. The fraction of sp³-hybridized carbons (Fsp3) is 0.300. The topological polar surface area (TPSA) is 49.4 Å². The predicted molar refractivity (Wildman–Crippen MR) is 103 cm³/mol. The molecule has 0 saturated carbocycles. The van der Waals surface area contributed by atoms with Crippen LogP contribution in [0, 0.1) is 0 Å². The lowest BCUT2D eigenvalue weighted by molar-refractivity contribution is -0.128. The zero-order valence-electron chi connectivity index (χ0n) is 14.5. The molecule has 1 atom stereocenters. The van der Waals surface area contributed by atoms with E-state index in [2.05, 4.69) is 23.7 Å². The highest BCUT2D eigenvalue weighted by molar-refractivity contribution is 7.10. The number of carbonyl (C=O) groups excluding carboxylic acids is 2. The lowest BCUT2D eigenvalue weighted by atomic mass is 9.97. The first-order chi connectivity index (χ1) is 12.1. The summed E-state index contributed by atoms with van der Waals surface area (Å²) in [6.07, 6.45) is 5.34. The second-order valence-corrected chi connectivity index (χ2v) is 7.14. The Hall–Kier alpha value is -2.40. The third-order valence-electron chi connectivity index (χ3n) is 4.41. The normalized spacial score (nSPS) is 16.7. The lowest BCUT2D eigenvalue weighted by Gasteiger charge is -2.34. The number of nitrogens with one attached hydrogen (secondary N) is 1. The van der Waals surface area contributed by atoms with Crippen molar-refractivity contribution in [2.45, 2.75) is 32.7 Å². The first-order valence-electron chi connectivity index (χ1n) is 8.51. The van der Waals surface area contributed by atoms with E-state index in [1.165, 1.54) is 17.4 Å². The quantitative estimate of drug-likeness (QED) is 0.834. The molecule has 3 rings (SSSR count). The van der Waals surface area contributed by atoms with Crippen molar-refractivity contribution in [3.05, 3.63) is 57.8 Å². The van der Waals surface area contributed by atoms with Gasteiger partial charge in [0, 0.05) is 30.1 Å². The maximum Gasteiger partial charge on any atom is 0.247 e. The van der Waals surface area contributed by atoms with Gasteiger partial charge in [-0.2, -0.15) is 0 Å². The summed E-state index contributed by atoms with van der Waals surface area (Å²) in [4.78, 5) is 27.1. The van der Waals surface area contributed by atoms with Crippen LogP contribution >= 0.6 is 11.3 Å². The highest BCUT2D eigenvalue weighted by Gasteiger charge is 2.29. The minimum Gasteiger partial charge on any atom is -0.332 e. The molecule has 0 radical (unpaired) electrons. The van der Waals surface area contributed by atoms with Crippen molar-refractivity contribution in [1.82, 2.24) is 4.90 Å². The highest BCUT2D eigenvalue weighted by atomic mass is 32.1. The minimum absolute atomic E-state index is 0.0506. The standard InChI is InChI=1S/C20H22N2O2S/c1-3-18-17-11-13-25-19(17)10-12-22(18)20(24)9-6-15-4-7-16(8-5-15)21-14(2)23/h4-9,11,13,18H,3,10,12H2,1-2H3,(H,21,23)/b9-6+. The number of fused-ring (bicyclic) bond motifs is 1. The number of rotatable bonds is 4. The van der Waals surface area contributed by atoms with Crippen molar-refractivity contribution in [3.63, 3.8) is 0 Å². The van der Waals surface area contributed by atoms with Crippen LogP contribution in [0.2, 0.25) is 0 Å². The van der Waals surface area contributed by atoms with Gasteiger partial charge in [0.2, 0.25) is 11.8 Å². The smallest absolute Gasteiger partial charge is 0.247 e. The molecule has 0 aliphatic carbocycles. The zero-order valence-corrected chi connectivity index (χ0v) is 15.3. The van der Waals surface area contributed by atoms with Gasteiger partial charge >= 0.3 is 0 Å². The fourth-order valence-corrected chi connectivity index (χ4v) is 4.17. The van der Waals surface area contributed by atoms with Crippen LogP contribution < -0.4 is 5.32 Å². The zero-order chi connectivity index (χ0) is 17.8. The van der Waals surface area contributed by atoms with Gasteiger partial charge in [0.25, 0.3) is 0 Å². The number of hydrogen-bond donors (Lipinski definition) is 1. The van der Waals surface area contributed by atoms with Gasteiger partial charge in [-0.1, -0.05) is 19.1 Å². The summed E-state index contributed by atoms with van der Waals surface area (Å²) in [5.74, 6) is -0.0448. The molecule has 0 fully saturated rings. The number of nitrogens with zero attached hydrogens (tertiary/aromatic N) is 1. The summed E-state index contributed by atoms with van der Waals surface area (Å²) in [5.41, 5.74) is 2.99. The van der Waals surface area contributed by atoms with E-state index in [-0.39, 0.29) is 17.9 Å². The van der Waals surface area contributed by atoms with Crippen LogP contribution in [-0.4, -0.2) is 23.3 Å². The number of amides is 2. The minimum atomic E-state index is -0.0954. The Kier molecular flexibility index (Phi) is 5.34. The van der Waals surface area contributed by atoms with Crippen LogP contribution in [-0.2, 0) is 16.0 Å². The molecule has 4 nitrogen and oxygen atoms in total. The molecule has 1 unspecified atom stereocenters. The fourth-order valence-electron chi connectivity index (χ4n) is 3.24. The van der Waals surface area contributed by atoms with Crippen LogP contribution in [0.3, 0.4) is 0 Å². The number of thiophene rings is 1. The first-order valence-corrected chi connectivity index (χ1v) is 9.39. The Bertz CT molecular complexity index is 792. The first kappa shape index (κ1) is 17.4. The van der Waals surface area contributed by atoms with Crippen molar-refractivity contribution in [1.29, 1.82) is 0 Å². The van der Waals surface area contributed by atoms with E-state index in [1.54, 1.807) is 17.4 Å². The Morgan fingerprint density at radius 2 is 2.04 bits per heavy atom. The highest BCUT2D eigenvalue weighted by Crippen LogP contribution is 2.35. The average Bonchev–Trinajstić information content (AvgIpc) is 3.08. The molecule has 0 bridgehead atoms. The maximum atomic E-state index is 12.7. The third kappa shape index (κ3) is 3.99. The molecule has 5 heteroatoms. The molecule has 2 amide bonds. The molecule has 130 valence electrons. The average molecular weight is 354 g/mol. The van der Waals surface area contributed by atoms with Crippen molar-refractivity contribution >= 4 is 34.9 Å². The summed E-state index contributed by atoms with van der Waals surface area (Å²) in [6.45, 7) is 4.38. The molecule has 0 spiro atoms. The number of anilines is 1. The molecule has 0 saturated heterocycles. The van der Waals surface area contributed by atoms with Crippen LogP contribution in [0.1, 0.15) is 42.3 Å². The Balaban J connectivity index is 1.69. The van der Waals surface area contributed by atoms with Gasteiger partial charge in [0.05, 0.1) is 6.04 Å². The Morgan fingerprint density at radius 3 is 2.72 bits per heavy atom. The molecule has 1 aliphatic heterocycles. The molecule has 2 heterocycles. The van der Waals surface area contributed by atoms with E-state index in [9.17, 15) is 9.59 Å². The third-order valence-corrected chi connectivity index (χ3v) is 5.41. The van der Waals surface area contributed by atoms with Crippen molar-refractivity contribution in [2.24, 2.45) is 0 Å². The number of carbonyl (C=O) groups is 2. The van der Waals surface area contributed by atoms with Crippen LogP contribution in [0.4, 0.5) is 5.69 Å². The van der Waals surface area contributed by atoms with E-state index >= 15 is 0 Å². The van der Waals surface area contributed by atoms with E-state index in [0.29, 0.717) is 0 Å². The molecule has 1 aromatic carbocycles. The molecule has 1 aliphatic rings. The maximum absolute atomic E-state index is 12.7. The second kappa shape index (κ2) is 7.66. The van der Waals surface area contributed by atoms with Crippen molar-refractivity contribution in [2.75, 3.05) is 11.9 Å².